The number of amides is 1. The van der Waals surface area contributed by atoms with Gasteiger partial charge in [0.1, 0.15) is 6.10 Å². The molecule has 0 atom stereocenters. The van der Waals surface area contributed by atoms with E-state index in [4.69, 9.17) is 4.74 Å². The monoisotopic (exact) mass is 288 g/mol. The van der Waals surface area contributed by atoms with Crippen molar-refractivity contribution in [2.75, 3.05) is 13.1 Å². The molecule has 7 heteroatoms. The Morgan fingerprint density at radius 1 is 1.45 bits per heavy atom. The zero-order valence-electron chi connectivity index (χ0n) is 11.1. The number of likely N-dealkylation sites (tertiary alicyclic amines) is 1. The molecular weight excluding hydrogens is 273 g/mol. The summed E-state index contributed by atoms with van der Waals surface area (Å²) in [4.78, 5) is 17.0. The average molecular weight is 288 g/mol. The van der Waals surface area contributed by atoms with Gasteiger partial charge in [-0.15, -0.1) is 0 Å². The van der Waals surface area contributed by atoms with Crippen LogP contribution in [0.4, 0.5) is 13.2 Å². The minimum atomic E-state index is -4.42. The molecule has 4 nitrogen and oxygen atoms in total. The first-order valence-electron chi connectivity index (χ1n) is 6.26. The van der Waals surface area contributed by atoms with Crippen LogP contribution in [-0.4, -0.2) is 35.0 Å². The van der Waals surface area contributed by atoms with E-state index in [-0.39, 0.29) is 23.8 Å². The number of carbonyl (C=O) groups is 1. The van der Waals surface area contributed by atoms with Gasteiger partial charge in [-0.1, -0.05) is 13.8 Å². The molecule has 1 amide bonds. The highest BCUT2D eigenvalue weighted by molar-refractivity contribution is 5.79. The number of pyridine rings is 1. The number of alkyl halides is 3. The predicted molar refractivity (Wildman–Crippen MR) is 65.1 cm³/mol. The third-order valence-corrected chi connectivity index (χ3v) is 3.00. The Morgan fingerprint density at radius 3 is 2.65 bits per heavy atom. The van der Waals surface area contributed by atoms with Crippen LogP contribution in [0.5, 0.6) is 5.88 Å². The Morgan fingerprint density at radius 2 is 2.10 bits per heavy atom. The lowest BCUT2D eigenvalue weighted by molar-refractivity contribution is -0.143. The van der Waals surface area contributed by atoms with Gasteiger partial charge in [0.15, 0.2) is 0 Å². The molecule has 0 aliphatic carbocycles. The maximum atomic E-state index is 12.5. The highest BCUT2D eigenvalue weighted by atomic mass is 19.4. The van der Waals surface area contributed by atoms with Crippen LogP contribution in [0.25, 0.3) is 0 Å². The molecule has 1 aromatic heterocycles. The van der Waals surface area contributed by atoms with Gasteiger partial charge in [-0.2, -0.15) is 13.2 Å². The third kappa shape index (κ3) is 3.20. The second-order valence-corrected chi connectivity index (χ2v) is 5.02. The molecule has 20 heavy (non-hydrogen) atoms. The minimum Gasteiger partial charge on any atom is -0.471 e. The van der Waals surface area contributed by atoms with E-state index in [0.29, 0.717) is 13.1 Å². The zero-order valence-corrected chi connectivity index (χ0v) is 11.1. The number of carbonyl (C=O) groups excluding carboxylic acids is 1. The summed E-state index contributed by atoms with van der Waals surface area (Å²) in [7, 11) is 0. The topological polar surface area (TPSA) is 42.4 Å². The average Bonchev–Trinajstić information content (AvgIpc) is 2.31. The normalized spacial score (nSPS) is 16.2. The van der Waals surface area contributed by atoms with E-state index < -0.39 is 11.7 Å². The van der Waals surface area contributed by atoms with Gasteiger partial charge in [-0.3, -0.25) is 4.79 Å². The number of rotatable bonds is 3. The van der Waals surface area contributed by atoms with Crippen molar-refractivity contribution in [1.29, 1.82) is 0 Å². The molecule has 0 spiro atoms. The van der Waals surface area contributed by atoms with E-state index >= 15 is 0 Å². The second-order valence-electron chi connectivity index (χ2n) is 5.02. The number of nitrogens with zero attached hydrogens (tertiary/aromatic N) is 2. The van der Waals surface area contributed by atoms with Crippen LogP contribution in [0.15, 0.2) is 18.3 Å². The lowest BCUT2D eigenvalue weighted by Crippen LogP contribution is -2.57. The van der Waals surface area contributed by atoms with Gasteiger partial charge in [0.25, 0.3) is 0 Å². The SMILES string of the molecule is CC(C)C(=O)N1CC(Oc2cc(C(F)(F)F)ccn2)C1. The summed E-state index contributed by atoms with van der Waals surface area (Å²) in [5, 5.41) is 0. The third-order valence-electron chi connectivity index (χ3n) is 3.00. The van der Waals surface area contributed by atoms with E-state index in [1.54, 1.807) is 18.7 Å². The van der Waals surface area contributed by atoms with Crippen molar-refractivity contribution in [2.45, 2.75) is 26.1 Å². The minimum absolute atomic E-state index is 0.0156. The van der Waals surface area contributed by atoms with Crippen LogP contribution in [0.3, 0.4) is 0 Å². The number of hydrogen-bond donors (Lipinski definition) is 0. The van der Waals surface area contributed by atoms with Crippen molar-refractivity contribution in [3.8, 4) is 5.88 Å². The van der Waals surface area contributed by atoms with Crippen LogP contribution < -0.4 is 4.74 Å². The fourth-order valence-electron chi connectivity index (χ4n) is 1.88. The summed E-state index contributed by atoms with van der Waals surface area (Å²) in [5.41, 5.74) is -0.795. The smallest absolute Gasteiger partial charge is 0.416 e. The van der Waals surface area contributed by atoms with Crippen molar-refractivity contribution in [2.24, 2.45) is 5.92 Å². The van der Waals surface area contributed by atoms with E-state index in [1.165, 1.54) is 0 Å². The Hall–Kier alpha value is -1.79. The molecule has 0 aromatic carbocycles. The van der Waals surface area contributed by atoms with Crippen LogP contribution in [0.1, 0.15) is 19.4 Å². The first-order valence-corrected chi connectivity index (χ1v) is 6.26. The van der Waals surface area contributed by atoms with Crippen molar-refractivity contribution in [1.82, 2.24) is 9.88 Å². The highest BCUT2D eigenvalue weighted by Crippen LogP contribution is 2.31. The van der Waals surface area contributed by atoms with Crippen molar-refractivity contribution >= 4 is 5.91 Å². The molecule has 1 aliphatic heterocycles. The van der Waals surface area contributed by atoms with Crippen molar-refractivity contribution in [3.05, 3.63) is 23.9 Å². The van der Waals surface area contributed by atoms with Gasteiger partial charge >= 0.3 is 6.18 Å². The summed E-state index contributed by atoms with van der Waals surface area (Å²) < 4.78 is 42.9. The highest BCUT2D eigenvalue weighted by Gasteiger charge is 2.35. The van der Waals surface area contributed by atoms with Crippen molar-refractivity contribution < 1.29 is 22.7 Å². The van der Waals surface area contributed by atoms with Crippen LogP contribution in [0.2, 0.25) is 0 Å². The van der Waals surface area contributed by atoms with E-state index in [0.717, 1.165) is 18.3 Å². The standard InChI is InChI=1S/C13H15F3N2O2/c1-8(2)12(19)18-6-10(7-18)20-11-5-9(3-4-17-11)13(14,15)16/h3-5,8,10H,6-7H2,1-2H3. The number of halogens is 3. The Kier molecular flexibility index (Phi) is 3.87. The van der Waals surface area contributed by atoms with Gasteiger partial charge < -0.3 is 9.64 Å². The summed E-state index contributed by atoms with van der Waals surface area (Å²) in [6, 6.07) is 1.76. The molecule has 0 saturated carbocycles. The lowest BCUT2D eigenvalue weighted by Gasteiger charge is -2.39. The lowest BCUT2D eigenvalue weighted by atomic mass is 10.1. The zero-order chi connectivity index (χ0) is 14.9. The summed E-state index contributed by atoms with van der Waals surface area (Å²) in [5.74, 6) is -0.147. The molecule has 1 aromatic rings. The van der Waals surface area contributed by atoms with Gasteiger partial charge in [-0.05, 0) is 6.07 Å². The van der Waals surface area contributed by atoms with E-state index in [2.05, 4.69) is 4.98 Å². The molecular formula is C13H15F3N2O2. The summed E-state index contributed by atoms with van der Waals surface area (Å²) >= 11 is 0. The summed E-state index contributed by atoms with van der Waals surface area (Å²) in [6.45, 7) is 4.36. The first-order chi connectivity index (χ1) is 9.27. The second kappa shape index (κ2) is 5.30. The molecule has 1 saturated heterocycles. The molecule has 2 rings (SSSR count). The fraction of sp³-hybridized carbons (Fsp3) is 0.538. The molecule has 0 radical (unpaired) electrons. The number of hydrogen-bond acceptors (Lipinski definition) is 3. The maximum Gasteiger partial charge on any atom is 0.416 e. The maximum absolute atomic E-state index is 12.5. The molecule has 1 aliphatic rings. The number of ether oxygens (including phenoxy) is 1. The fourth-order valence-corrected chi connectivity index (χ4v) is 1.88. The molecule has 110 valence electrons. The number of aromatic nitrogens is 1. The van der Waals surface area contributed by atoms with Gasteiger partial charge in [-0.25, -0.2) is 4.98 Å². The van der Waals surface area contributed by atoms with E-state index in [9.17, 15) is 18.0 Å². The van der Waals surface area contributed by atoms with Gasteiger partial charge in [0.05, 0.1) is 18.7 Å². The molecule has 2 heterocycles. The molecule has 1 fully saturated rings. The van der Waals surface area contributed by atoms with Gasteiger partial charge in [0, 0.05) is 18.2 Å². The quantitative estimate of drug-likeness (QED) is 0.857. The van der Waals surface area contributed by atoms with Gasteiger partial charge in [0.2, 0.25) is 11.8 Å². The Bertz CT molecular complexity index is 497. The Balaban J connectivity index is 1.92. The largest absolute Gasteiger partial charge is 0.471 e. The van der Waals surface area contributed by atoms with Crippen molar-refractivity contribution in [3.63, 3.8) is 0 Å². The Labute approximate surface area is 114 Å². The van der Waals surface area contributed by atoms with Crippen LogP contribution >= 0.6 is 0 Å². The predicted octanol–water partition coefficient (Wildman–Crippen LogP) is 2.35. The summed E-state index contributed by atoms with van der Waals surface area (Å²) in [6.07, 6.45) is -3.65. The first kappa shape index (κ1) is 14.6. The van der Waals surface area contributed by atoms with Crippen LogP contribution in [-0.2, 0) is 11.0 Å². The molecule has 0 N–H and O–H groups in total. The molecule has 0 unspecified atom stereocenters. The molecule has 0 bridgehead atoms. The van der Waals surface area contributed by atoms with E-state index in [1.807, 2.05) is 0 Å². The van der Waals surface area contributed by atoms with Crippen LogP contribution in [0, 0.1) is 5.92 Å².